The maximum Gasteiger partial charge on any atom is 0.333 e. The van der Waals surface area contributed by atoms with E-state index in [9.17, 15) is 14.4 Å². The number of hydrogen-bond donors (Lipinski definition) is 1. The van der Waals surface area contributed by atoms with Gasteiger partial charge in [-0.1, -0.05) is 32.8 Å². The molecule has 0 bridgehead atoms. The molecule has 1 aromatic carbocycles. The SMILES string of the molecule is CCCCn1cnc2c1c(=O)n(CC(=O)Nc1cccc(SC)c1)c(=O)n2CCCC. The minimum absolute atomic E-state index is 0.345. The van der Waals surface area contributed by atoms with Crippen LogP contribution in [0.4, 0.5) is 5.69 Å². The highest BCUT2D eigenvalue weighted by atomic mass is 32.2. The number of carbonyl (C=O) groups is 1. The van der Waals surface area contributed by atoms with Crippen LogP contribution in [-0.2, 0) is 24.4 Å². The number of thioether (sulfide) groups is 1. The fourth-order valence-corrected chi connectivity index (χ4v) is 3.90. The van der Waals surface area contributed by atoms with Crippen LogP contribution in [0.1, 0.15) is 39.5 Å². The molecule has 166 valence electrons. The Bertz CT molecular complexity index is 1180. The molecule has 0 atom stereocenters. The number of amides is 1. The molecule has 1 N–H and O–H groups in total. The van der Waals surface area contributed by atoms with Crippen molar-refractivity contribution in [2.45, 2.75) is 64.1 Å². The van der Waals surface area contributed by atoms with E-state index in [-0.39, 0.29) is 6.54 Å². The summed E-state index contributed by atoms with van der Waals surface area (Å²) in [6.07, 6.45) is 7.11. The summed E-state index contributed by atoms with van der Waals surface area (Å²) in [4.78, 5) is 44.4. The Kier molecular flexibility index (Phi) is 7.73. The fraction of sp³-hybridized carbons (Fsp3) is 0.455. The molecule has 0 aliphatic rings. The summed E-state index contributed by atoms with van der Waals surface area (Å²) < 4.78 is 4.33. The molecule has 2 aromatic heterocycles. The van der Waals surface area contributed by atoms with Crippen LogP contribution in [-0.4, -0.2) is 30.8 Å². The second kappa shape index (κ2) is 10.5. The summed E-state index contributed by atoms with van der Waals surface area (Å²) in [6, 6.07) is 7.43. The Hall–Kier alpha value is -2.81. The average molecular weight is 444 g/mol. The van der Waals surface area contributed by atoms with Gasteiger partial charge in [0.25, 0.3) is 5.56 Å². The summed E-state index contributed by atoms with van der Waals surface area (Å²) in [7, 11) is 0. The minimum atomic E-state index is -0.500. The maximum atomic E-state index is 13.2. The molecule has 0 unspecified atom stereocenters. The molecule has 0 saturated carbocycles. The minimum Gasteiger partial charge on any atom is -0.325 e. The number of carbonyl (C=O) groups excluding carboxylic acids is 1. The highest BCUT2D eigenvalue weighted by Gasteiger charge is 2.19. The first kappa shape index (κ1) is 22.9. The second-order valence-corrected chi connectivity index (χ2v) is 8.30. The molecule has 0 saturated heterocycles. The quantitative estimate of drug-likeness (QED) is 0.486. The lowest BCUT2D eigenvalue weighted by atomic mass is 10.3. The average Bonchev–Trinajstić information content (AvgIpc) is 3.19. The van der Waals surface area contributed by atoms with E-state index in [4.69, 9.17) is 0 Å². The molecule has 9 heteroatoms. The van der Waals surface area contributed by atoms with Gasteiger partial charge >= 0.3 is 5.69 Å². The van der Waals surface area contributed by atoms with Gasteiger partial charge in [0, 0.05) is 23.7 Å². The number of fused-ring (bicyclic) bond motifs is 1. The second-order valence-electron chi connectivity index (χ2n) is 7.42. The maximum absolute atomic E-state index is 13.2. The summed E-state index contributed by atoms with van der Waals surface area (Å²) >= 11 is 1.57. The molecule has 0 aliphatic heterocycles. The summed E-state index contributed by atoms with van der Waals surface area (Å²) in [6.45, 7) is 4.86. The van der Waals surface area contributed by atoms with E-state index < -0.39 is 17.2 Å². The van der Waals surface area contributed by atoms with Crippen molar-refractivity contribution in [3.8, 4) is 0 Å². The summed E-state index contributed by atoms with van der Waals surface area (Å²) in [5.41, 5.74) is 0.421. The van der Waals surface area contributed by atoms with Crippen molar-refractivity contribution in [1.29, 1.82) is 0 Å². The van der Waals surface area contributed by atoms with Gasteiger partial charge in [0.1, 0.15) is 6.54 Å². The molecule has 2 heterocycles. The number of nitrogens with zero attached hydrogens (tertiary/aromatic N) is 4. The van der Waals surface area contributed by atoms with Crippen molar-refractivity contribution in [2.24, 2.45) is 0 Å². The zero-order valence-electron chi connectivity index (χ0n) is 18.3. The zero-order chi connectivity index (χ0) is 22.4. The number of nitrogens with one attached hydrogen (secondary N) is 1. The predicted molar refractivity (Wildman–Crippen MR) is 125 cm³/mol. The van der Waals surface area contributed by atoms with Crippen molar-refractivity contribution in [3.63, 3.8) is 0 Å². The molecule has 3 aromatic rings. The van der Waals surface area contributed by atoms with Crippen LogP contribution in [0.5, 0.6) is 0 Å². The Morgan fingerprint density at radius 1 is 1.10 bits per heavy atom. The van der Waals surface area contributed by atoms with E-state index in [1.807, 2.05) is 31.4 Å². The highest BCUT2D eigenvalue weighted by molar-refractivity contribution is 7.98. The van der Waals surface area contributed by atoms with Crippen molar-refractivity contribution in [2.75, 3.05) is 11.6 Å². The molecular formula is C22H29N5O3S. The van der Waals surface area contributed by atoms with E-state index >= 15 is 0 Å². The molecule has 0 spiro atoms. The molecule has 8 nitrogen and oxygen atoms in total. The number of hydrogen-bond acceptors (Lipinski definition) is 5. The normalized spacial score (nSPS) is 11.2. The molecule has 0 aliphatic carbocycles. The van der Waals surface area contributed by atoms with Crippen molar-refractivity contribution >= 4 is 34.5 Å². The number of anilines is 1. The Morgan fingerprint density at radius 2 is 1.84 bits per heavy atom. The monoisotopic (exact) mass is 443 g/mol. The van der Waals surface area contributed by atoms with Crippen LogP contribution in [0.15, 0.2) is 45.1 Å². The first-order valence-corrected chi connectivity index (χ1v) is 11.8. The Labute approximate surface area is 185 Å². The van der Waals surface area contributed by atoms with Gasteiger partial charge in [0.2, 0.25) is 5.91 Å². The number of benzene rings is 1. The first-order chi connectivity index (χ1) is 15.0. The Morgan fingerprint density at radius 3 is 2.55 bits per heavy atom. The predicted octanol–water partition coefficient (Wildman–Crippen LogP) is 3.32. The van der Waals surface area contributed by atoms with E-state index in [0.29, 0.717) is 29.9 Å². The topological polar surface area (TPSA) is 90.9 Å². The number of unbranched alkanes of at least 4 members (excludes halogenated alkanes) is 2. The van der Waals surface area contributed by atoms with Crippen LogP contribution in [0.2, 0.25) is 0 Å². The van der Waals surface area contributed by atoms with Crippen molar-refractivity contribution < 1.29 is 4.79 Å². The van der Waals surface area contributed by atoms with E-state index in [1.165, 1.54) is 4.57 Å². The van der Waals surface area contributed by atoms with Crippen molar-refractivity contribution in [3.05, 3.63) is 51.4 Å². The zero-order valence-corrected chi connectivity index (χ0v) is 19.1. The van der Waals surface area contributed by atoms with Gasteiger partial charge in [-0.25, -0.2) is 14.3 Å². The van der Waals surface area contributed by atoms with Gasteiger partial charge in [-0.05, 0) is 37.3 Å². The van der Waals surface area contributed by atoms with E-state index in [2.05, 4.69) is 17.2 Å². The molecule has 31 heavy (non-hydrogen) atoms. The van der Waals surface area contributed by atoms with Crippen LogP contribution >= 0.6 is 11.8 Å². The third-order valence-electron chi connectivity index (χ3n) is 5.13. The van der Waals surface area contributed by atoms with E-state index in [1.54, 1.807) is 28.7 Å². The largest absolute Gasteiger partial charge is 0.333 e. The van der Waals surface area contributed by atoms with Crippen LogP contribution in [0.3, 0.4) is 0 Å². The molecule has 0 radical (unpaired) electrons. The van der Waals surface area contributed by atoms with E-state index in [0.717, 1.165) is 35.1 Å². The third-order valence-corrected chi connectivity index (χ3v) is 5.85. The van der Waals surface area contributed by atoms with Crippen LogP contribution in [0.25, 0.3) is 11.2 Å². The van der Waals surface area contributed by atoms with Gasteiger partial charge < -0.3 is 9.88 Å². The molecular weight excluding hydrogens is 414 g/mol. The summed E-state index contributed by atoms with van der Waals surface area (Å²) in [5.74, 6) is -0.418. The Balaban J connectivity index is 2.00. The van der Waals surface area contributed by atoms with Crippen molar-refractivity contribution in [1.82, 2.24) is 18.7 Å². The van der Waals surface area contributed by atoms with Gasteiger partial charge in [-0.3, -0.25) is 14.2 Å². The molecule has 1 amide bonds. The lowest BCUT2D eigenvalue weighted by Crippen LogP contribution is -2.43. The van der Waals surface area contributed by atoms with Gasteiger partial charge in [-0.15, -0.1) is 11.8 Å². The highest BCUT2D eigenvalue weighted by Crippen LogP contribution is 2.19. The third kappa shape index (κ3) is 5.10. The molecule has 0 fully saturated rings. The van der Waals surface area contributed by atoms with Gasteiger partial charge in [0.15, 0.2) is 11.2 Å². The summed E-state index contributed by atoms with van der Waals surface area (Å²) in [5, 5.41) is 2.79. The standard InChI is InChI=1S/C22H29N5O3S/c1-4-6-11-25-15-23-20-19(25)21(29)27(22(30)26(20)12-7-5-2)14-18(28)24-16-9-8-10-17(13-16)31-3/h8-10,13,15H,4-7,11-12,14H2,1-3H3,(H,24,28). The number of aromatic nitrogens is 4. The lowest BCUT2D eigenvalue weighted by Gasteiger charge is -2.13. The number of imidazole rings is 1. The van der Waals surface area contributed by atoms with Gasteiger partial charge in [-0.2, -0.15) is 0 Å². The van der Waals surface area contributed by atoms with Crippen LogP contribution < -0.4 is 16.6 Å². The van der Waals surface area contributed by atoms with Crippen LogP contribution in [0, 0.1) is 0 Å². The fourth-order valence-electron chi connectivity index (χ4n) is 3.44. The number of aryl methyl sites for hydroxylation is 2. The first-order valence-electron chi connectivity index (χ1n) is 10.6. The van der Waals surface area contributed by atoms with Gasteiger partial charge in [0.05, 0.1) is 6.33 Å². The molecule has 3 rings (SSSR count). The number of rotatable bonds is 10. The lowest BCUT2D eigenvalue weighted by molar-refractivity contribution is -0.116. The smallest absolute Gasteiger partial charge is 0.325 e.